The predicted octanol–water partition coefficient (Wildman–Crippen LogP) is 6.01. The number of aliphatic hydroxyl groups excluding tert-OH is 1. The fourth-order valence-corrected chi connectivity index (χ4v) is 2.84. The van der Waals surface area contributed by atoms with Crippen molar-refractivity contribution in [1.29, 1.82) is 0 Å². The first-order valence-electron chi connectivity index (χ1n) is 10.4. The van der Waals surface area contributed by atoms with E-state index in [1.165, 1.54) is 24.3 Å². The molecule has 0 aliphatic rings. The van der Waals surface area contributed by atoms with Gasteiger partial charge < -0.3 is 15.6 Å². The van der Waals surface area contributed by atoms with Crippen LogP contribution in [0.2, 0.25) is 0 Å². The maximum absolute atomic E-state index is 13.4. The summed E-state index contributed by atoms with van der Waals surface area (Å²) >= 11 is 0. The molecule has 3 nitrogen and oxygen atoms in total. The third-order valence-corrected chi connectivity index (χ3v) is 4.54. The monoisotopic (exact) mass is 465 g/mol. The molecule has 0 bridgehead atoms. The normalized spacial score (nSPS) is 12.7. The van der Waals surface area contributed by atoms with Gasteiger partial charge in [-0.05, 0) is 61.1 Å². The molecule has 3 N–H and O–H groups in total. The van der Waals surface area contributed by atoms with Gasteiger partial charge in [-0.1, -0.05) is 32.0 Å². The van der Waals surface area contributed by atoms with E-state index >= 15 is 0 Å². The zero-order valence-corrected chi connectivity index (χ0v) is 18.1. The number of benzene rings is 2. The molecule has 0 saturated heterocycles. The van der Waals surface area contributed by atoms with Gasteiger partial charge in [0.25, 0.3) is 0 Å². The number of halogens is 6. The van der Waals surface area contributed by atoms with Crippen molar-refractivity contribution in [3.8, 4) is 5.75 Å². The van der Waals surface area contributed by atoms with Crippen LogP contribution in [0.3, 0.4) is 0 Å². The molecule has 0 aliphatic carbocycles. The topological polar surface area (TPSA) is 55.5 Å². The lowest BCUT2D eigenvalue weighted by Crippen LogP contribution is -2.24. The molecule has 0 saturated carbocycles. The first-order chi connectivity index (χ1) is 15.0. The van der Waals surface area contributed by atoms with Gasteiger partial charge in [-0.15, -0.1) is 0 Å². The van der Waals surface area contributed by atoms with E-state index in [0.29, 0.717) is 36.8 Å². The summed E-state index contributed by atoms with van der Waals surface area (Å²) in [5.41, 5.74) is 5.00. The quantitative estimate of drug-likeness (QED) is 0.352. The minimum Gasteiger partial charge on any atom is -0.493 e. The number of ether oxygens (including phenoxy) is 1. The van der Waals surface area contributed by atoms with Crippen molar-refractivity contribution >= 4 is 0 Å². The molecule has 2 aromatic rings. The molecule has 2 aromatic carbocycles. The molecule has 1 atom stereocenters. The lowest BCUT2D eigenvalue weighted by molar-refractivity contribution is -0.139. The van der Waals surface area contributed by atoms with Gasteiger partial charge in [-0.3, -0.25) is 0 Å². The molecule has 0 spiro atoms. The van der Waals surface area contributed by atoms with Gasteiger partial charge >= 0.3 is 12.4 Å². The average molecular weight is 465 g/mol. The zero-order chi connectivity index (χ0) is 24.4. The van der Waals surface area contributed by atoms with Gasteiger partial charge in [0.15, 0.2) is 0 Å². The Bertz CT molecular complexity index is 804. The molecule has 9 heteroatoms. The fourth-order valence-electron chi connectivity index (χ4n) is 2.84. The SMILES string of the molecule is CC.NC(CO)CCc1ccc(OCCCc2ccc(C(F)(F)F)cc2)c(C(F)(F)F)c1. The zero-order valence-electron chi connectivity index (χ0n) is 18.1. The molecule has 0 heterocycles. The van der Waals surface area contributed by atoms with E-state index in [4.69, 9.17) is 15.6 Å². The summed E-state index contributed by atoms with van der Waals surface area (Å²) in [5, 5.41) is 8.92. The van der Waals surface area contributed by atoms with Crippen LogP contribution in [0.25, 0.3) is 0 Å². The van der Waals surface area contributed by atoms with Crippen LogP contribution < -0.4 is 10.5 Å². The van der Waals surface area contributed by atoms with Crippen LogP contribution >= 0.6 is 0 Å². The highest BCUT2D eigenvalue weighted by molar-refractivity contribution is 5.39. The van der Waals surface area contributed by atoms with Gasteiger partial charge in [-0.2, -0.15) is 26.3 Å². The molecule has 0 fully saturated rings. The highest BCUT2D eigenvalue weighted by Crippen LogP contribution is 2.37. The lowest BCUT2D eigenvalue weighted by Gasteiger charge is -2.16. The molecule has 0 radical (unpaired) electrons. The average Bonchev–Trinajstić information content (AvgIpc) is 2.75. The predicted molar refractivity (Wildman–Crippen MR) is 111 cm³/mol. The van der Waals surface area contributed by atoms with Crippen molar-refractivity contribution in [2.45, 2.75) is 57.9 Å². The van der Waals surface area contributed by atoms with Crippen molar-refractivity contribution in [3.05, 3.63) is 64.7 Å². The van der Waals surface area contributed by atoms with E-state index < -0.39 is 29.5 Å². The highest BCUT2D eigenvalue weighted by Gasteiger charge is 2.34. The van der Waals surface area contributed by atoms with E-state index in [0.717, 1.165) is 18.2 Å². The van der Waals surface area contributed by atoms with Crippen molar-refractivity contribution in [2.75, 3.05) is 13.2 Å². The van der Waals surface area contributed by atoms with Crippen LogP contribution in [-0.4, -0.2) is 24.4 Å². The molecular weight excluding hydrogens is 436 g/mol. The summed E-state index contributed by atoms with van der Waals surface area (Å²) < 4.78 is 83.1. The number of hydrogen-bond donors (Lipinski definition) is 2. The number of nitrogens with two attached hydrogens (primary N) is 1. The van der Waals surface area contributed by atoms with Crippen LogP contribution in [0.15, 0.2) is 42.5 Å². The number of alkyl halides is 6. The number of aliphatic hydroxyl groups is 1. The van der Waals surface area contributed by atoms with Crippen molar-refractivity contribution < 1.29 is 36.2 Å². The van der Waals surface area contributed by atoms with E-state index in [2.05, 4.69) is 0 Å². The Balaban J connectivity index is 0.00000249. The standard InChI is InChI=1S/C21H23F6NO2.C2H6/c22-20(23,24)16-7-3-14(4-8-16)2-1-11-30-19-10-6-15(5-9-17(28)13-29)12-18(19)21(25,26)27;1-2/h3-4,6-8,10,12,17,29H,1-2,5,9,11,13,28H2;1-2H3. The van der Waals surface area contributed by atoms with Crippen LogP contribution in [0.4, 0.5) is 26.3 Å². The summed E-state index contributed by atoms with van der Waals surface area (Å²) in [5.74, 6) is -0.301. The first-order valence-corrected chi connectivity index (χ1v) is 10.4. The van der Waals surface area contributed by atoms with Crippen molar-refractivity contribution in [2.24, 2.45) is 5.73 Å². The Morgan fingerprint density at radius 3 is 2.00 bits per heavy atom. The summed E-state index contributed by atoms with van der Waals surface area (Å²) in [6.07, 6.45) is -7.66. The number of aryl methyl sites for hydroxylation is 2. The van der Waals surface area contributed by atoms with Crippen LogP contribution in [0, 0.1) is 0 Å². The van der Waals surface area contributed by atoms with Crippen LogP contribution in [0.5, 0.6) is 5.75 Å². The Morgan fingerprint density at radius 1 is 0.875 bits per heavy atom. The summed E-state index contributed by atoms with van der Waals surface area (Å²) in [6, 6.07) is 7.91. The molecule has 2 rings (SSSR count). The van der Waals surface area contributed by atoms with Crippen molar-refractivity contribution in [1.82, 2.24) is 0 Å². The molecule has 1 unspecified atom stereocenters. The third-order valence-electron chi connectivity index (χ3n) is 4.54. The van der Waals surface area contributed by atoms with Gasteiger partial charge in [0.1, 0.15) is 5.75 Å². The van der Waals surface area contributed by atoms with Crippen LogP contribution in [-0.2, 0) is 25.2 Å². The van der Waals surface area contributed by atoms with E-state index in [1.807, 2.05) is 13.8 Å². The van der Waals surface area contributed by atoms with E-state index in [-0.39, 0.29) is 19.0 Å². The summed E-state index contributed by atoms with van der Waals surface area (Å²) in [4.78, 5) is 0. The van der Waals surface area contributed by atoms with Gasteiger partial charge in [0.2, 0.25) is 0 Å². The smallest absolute Gasteiger partial charge is 0.419 e. The molecule has 32 heavy (non-hydrogen) atoms. The lowest BCUT2D eigenvalue weighted by atomic mass is 10.0. The summed E-state index contributed by atoms with van der Waals surface area (Å²) in [7, 11) is 0. The number of hydrogen-bond acceptors (Lipinski definition) is 3. The second kappa shape index (κ2) is 12.7. The minimum absolute atomic E-state index is 0.0150. The maximum Gasteiger partial charge on any atom is 0.419 e. The van der Waals surface area contributed by atoms with E-state index in [9.17, 15) is 26.3 Å². The van der Waals surface area contributed by atoms with Gasteiger partial charge in [0.05, 0.1) is 24.3 Å². The minimum atomic E-state index is -4.60. The van der Waals surface area contributed by atoms with Gasteiger partial charge in [0, 0.05) is 6.04 Å². The molecule has 180 valence electrons. The Hall–Kier alpha value is -2.26. The fraction of sp³-hybridized carbons (Fsp3) is 0.478. The maximum atomic E-state index is 13.4. The van der Waals surface area contributed by atoms with Crippen molar-refractivity contribution in [3.63, 3.8) is 0 Å². The summed E-state index contributed by atoms with van der Waals surface area (Å²) in [6.45, 7) is 3.74. The molecular formula is C23H29F6NO2. The first kappa shape index (κ1) is 27.8. The molecule has 0 amide bonds. The molecule has 0 aliphatic heterocycles. The van der Waals surface area contributed by atoms with Gasteiger partial charge in [-0.25, -0.2) is 0 Å². The Labute approximate surface area is 184 Å². The largest absolute Gasteiger partial charge is 0.493 e. The van der Waals surface area contributed by atoms with Crippen LogP contribution in [0.1, 0.15) is 48.9 Å². The third kappa shape index (κ3) is 9.08. The van der Waals surface area contributed by atoms with E-state index in [1.54, 1.807) is 0 Å². The Kier molecular flexibility index (Phi) is 11.0. The molecule has 0 aromatic heterocycles. The second-order valence-corrected chi connectivity index (χ2v) is 6.96. The number of rotatable bonds is 9. The highest BCUT2D eigenvalue weighted by atomic mass is 19.4. The Morgan fingerprint density at radius 2 is 1.47 bits per heavy atom. The second-order valence-electron chi connectivity index (χ2n) is 6.96.